The van der Waals surface area contributed by atoms with Gasteiger partial charge < -0.3 is 19.5 Å². The molecule has 3 rings (SSSR count). The lowest BCUT2D eigenvalue weighted by Gasteiger charge is -2.43. The molecule has 1 heterocycles. The molecule has 0 aromatic heterocycles. The molecule has 9 heteroatoms. The van der Waals surface area contributed by atoms with Crippen LogP contribution in [0.15, 0.2) is 48.5 Å². The van der Waals surface area contributed by atoms with Crippen LogP contribution in [0, 0.1) is 5.82 Å². The van der Waals surface area contributed by atoms with Gasteiger partial charge in [0.25, 0.3) is 0 Å². The monoisotopic (exact) mass is 437 g/mol. The Morgan fingerprint density at radius 3 is 2.39 bits per heavy atom. The number of carbonyl (C=O) groups is 2. The first-order valence-electron chi connectivity index (χ1n) is 9.72. The highest BCUT2D eigenvalue weighted by Crippen LogP contribution is 2.40. The van der Waals surface area contributed by atoms with Crippen molar-refractivity contribution >= 4 is 12.1 Å². The lowest BCUT2D eigenvalue weighted by Crippen LogP contribution is -2.49. The number of carbonyl (C=O) groups excluding carboxylic acids is 1. The van der Waals surface area contributed by atoms with Crippen LogP contribution in [0.5, 0.6) is 5.75 Å². The van der Waals surface area contributed by atoms with Gasteiger partial charge >= 0.3 is 18.7 Å². The summed E-state index contributed by atoms with van der Waals surface area (Å²) >= 11 is 0. The van der Waals surface area contributed by atoms with E-state index in [1.54, 1.807) is 19.1 Å². The predicted molar refractivity (Wildman–Crippen MR) is 104 cm³/mol. The van der Waals surface area contributed by atoms with E-state index in [9.17, 15) is 22.8 Å². The number of carboxylic acids is 1. The Morgan fingerprint density at radius 1 is 1.19 bits per heavy atom. The number of rotatable bonds is 8. The average molecular weight is 437 g/mol. The van der Waals surface area contributed by atoms with Crippen LogP contribution in [0.1, 0.15) is 43.4 Å². The molecule has 6 nitrogen and oxygen atoms in total. The smallest absolute Gasteiger partial charge is 0.411 e. The number of alkyl halides is 2. The molecule has 1 N–H and O–H groups in total. The fourth-order valence-electron chi connectivity index (χ4n) is 3.71. The summed E-state index contributed by atoms with van der Waals surface area (Å²) in [4.78, 5) is 25.5. The number of amides is 1. The molecule has 0 aliphatic carbocycles. The summed E-state index contributed by atoms with van der Waals surface area (Å²) in [5, 5.41) is 9.11. The summed E-state index contributed by atoms with van der Waals surface area (Å²) in [5.74, 6) is -1.47. The van der Waals surface area contributed by atoms with E-state index in [4.69, 9.17) is 9.84 Å². The normalized spacial score (nSPS) is 19.8. The molecule has 31 heavy (non-hydrogen) atoms. The van der Waals surface area contributed by atoms with E-state index in [0.717, 1.165) is 0 Å². The first kappa shape index (κ1) is 22.5. The Morgan fingerprint density at radius 2 is 1.84 bits per heavy atom. The van der Waals surface area contributed by atoms with Gasteiger partial charge in [0, 0.05) is 25.8 Å². The Bertz CT molecular complexity index is 920. The molecule has 0 saturated carbocycles. The molecule has 2 atom stereocenters. The van der Waals surface area contributed by atoms with Gasteiger partial charge in [0.2, 0.25) is 0 Å². The molecular formula is C22H22F3NO5. The highest BCUT2D eigenvalue weighted by Gasteiger charge is 2.43. The molecule has 0 bridgehead atoms. The molecule has 1 aliphatic heterocycles. The molecule has 0 spiro atoms. The van der Waals surface area contributed by atoms with Gasteiger partial charge in [-0.2, -0.15) is 8.78 Å². The van der Waals surface area contributed by atoms with E-state index in [-0.39, 0.29) is 25.1 Å². The van der Waals surface area contributed by atoms with Gasteiger partial charge in [0.05, 0.1) is 6.04 Å². The number of nitrogens with zero attached hydrogens (tertiary/aromatic N) is 1. The number of hydrogen-bond donors (Lipinski definition) is 1. The Balaban J connectivity index is 1.78. The minimum Gasteiger partial charge on any atom is -0.481 e. The van der Waals surface area contributed by atoms with Gasteiger partial charge in [-0.3, -0.25) is 4.79 Å². The molecule has 0 radical (unpaired) electrons. The molecule has 166 valence electrons. The molecule has 2 aromatic rings. The third-order valence-corrected chi connectivity index (χ3v) is 5.44. The van der Waals surface area contributed by atoms with Crippen LogP contribution < -0.4 is 4.74 Å². The van der Waals surface area contributed by atoms with Crippen molar-refractivity contribution in [2.24, 2.45) is 0 Å². The van der Waals surface area contributed by atoms with E-state index in [1.165, 1.54) is 41.3 Å². The Hall–Kier alpha value is -3.23. The third-order valence-electron chi connectivity index (χ3n) is 5.44. The van der Waals surface area contributed by atoms with Crippen LogP contribution in [-0.4, -0.2) is 35.2 Å². The number of cyclic esters (lactones) is 1. The number of benzene rings is 2. The van der Waals surface area contributed by atoms with E-state index >= 15 is 0 Å². The Kier molecular flexibility index (Phi) is 6.72. The van der Waals surface area contributed by atoms with Crippen molar-refractivity contribution in [3.63, 3.8) is 0 Å². The third kappa shape index (κ3) is 5.28. The van der Waals surface area contributed by atoms with Crippen LogP contribution in [0.3, 0.4) is 0 Å². The van der Waals surface area contributed by atoms with Crippen LogP contribution in [0.25, 0.3) is 0 Å². The first-order chi connectivity index (χ1) is 14.7. The Labute approximate surface area is 177 Å². The lowest BCUT2D eigenvalue weighted by molar-refractivity contribution is -0.139. The average Bonchev–Trinajstić information content (AvgIpc) is 2.72. The summed E-state index contributed by atoms with van der Waals surface area (Å²) in [6.07, 6.45) is -0.483. The topological polar surface area (TPSA) is 76.1 Å². The van der Waals surface area contributed by atoms with E-state index in [2.05, 4.69) is 4.74 Å². The fourth-order valence-corrected chi connectivity index (χ4v) is 3.71. The number of hydrogen-bond acceptors (Lipinski definition) is 4. The van der Waals surface area contributed by atoms with E-state index in [1.807, 2.05) is 0 Å². The van der Waals surface area contributed by atoms with Gasteiger partial charge in [-0.1, -0.05) is 24.3 Å². The molecule has 0 unspecified atom stereocenters. The van der Waals surface area contributed by atoms with Gasteiger partial charge in [-0.25, -0.2) is 9.18 Å². The number of carboxylic acid groups (broad SMARTS) is 1. The maximum atomic E-state index is 13.4. The highest BCUT2D eigenvalue weighted by atomic mass is 19.3. The second-order valence-electron chi connectivity index (χ2n) is 7.33. The molecule has 1 aliphatic rings. The van der Waals surface area contributed by atoms with Crippen molar-refractivity contribution in [3.05, 3.63) is 65.5 Å². The van der Waals surface area contributed by atoms with Crippen LogP contribution >= 0.6 is 0 Å². The SMILES string of the molecule is C[C@@H](c1ccc(OC(F)F)cc1)N1CC[C@@](CCC(=O)O)(c2ccc(F)cc2)OC1=O. The zero-order chi connectivity index (χ0) is 22.6. The lowest BCUT2D eigenvalue weighted by atomic mass is 9.84. The van der Waals surface area contributed by atoms with Gasteiger partial charge in [0.15, 0.2) is 0 Å². The van der Waals surface area contributed by atoms with Crippen molar-refractivity contribution < 1.29 is 37.3 Å². The van der Waals surface area contributed by atoms with Crippen LogP contribution in [-0.2, 0) is 15.1 Å². The molecule has 1 fully saturated rings. The second-order valence-corrected chi connectivity index (χ2v) is 7.33. The number of halogens is 3. The largest absolute Gasteiger partial charge is 0.481 e. The maximum absolute atomic E-state index is 13.4. The summed E-state index contributed by atoms with van der Waals surface area (Å²) in [5.41, 5.74) is 0.0524. The zero-order valence-electron chi connectivity index (χ0n) is 16.8. The van der Waals surface area contributed by atoms with Gasteiger partial charge in [-0.05, 0) is 42.3 Å². The first-order valence-corrected chi connectivity index (χ1v) is 9.72. The zero-order valence-corrected chi connectivity index (χ0v) is 16.8. The van der Waals surface area contributed by atoms with Gasteiger partial charge in [-0.15, -0.1) is 0 Å². The minimum absolute atomic E-state index is 0.0103. The quantitative estimate of drug-likeness (QED) is 0.623. The molecule has 1 amide bonds. The van der Waals surface area contributed by atoms with Crippen LogP contribution in [0.4, 0.5) is 18.0 Å². The maximum Gasteiger partial charge on any atom is 0.411 e. The van der Waals surface area contributed by atoms with Gasteiger partial charge in [0.1, 0.15) is 17.2 Å². The highest BCUT2D eigenvalue weighted by molar-refractivity contribution is 5.71. The van der Waals surface area contributed by atoms with Crippen molar-refractivity contribution in [1.82, 2.24) is 4.90 Å². The standard InChI is InChI=1S/C22H22F3NO5/c1-14(15-2-8-18(9-3-15)30-20(24)25)26-13-12-22(31-21(26)29,11-10-19(27)28)16-4-6-17(23)7-5-16/h2-9,14,20H,10-13H2,1H3,(H,27,28)/t14-,22-/m0/s1. The fraction of sp³-hybridized carbons (Fsp3) is 0.364. The second kappa shape index (κ2) is 9.28. The molecular weight excluding hydrogens is 415 g/mol. The number of ether oxygens (including phenoxy) is 2. The van der Waals surface area contributed by atoms with Crippen molar-refractivity contribution in [2.75, 3.05) is 6.54 Å². The van der Waals surface area contributed by atoms with Crippen LogP contribution in [0.2, 0.25) is 0 Å². The van der Waals surface area contributed by atoms with E-state index in [0.29, 0.717) is 17.5 Å². The summed E-state index contributed by atoms with van der Waals surface area (Å²) in [7, 11) is 0. The van der Waals surface area contributed by atoms with E-state index < -0.39 is 36.1 Å². The molecule has 1 saturated heterocycles. The molecule has 2 aromatic carbocycles. The van der Waals surface area contributed by atoms with Crippen molar-refractivity contribution in [1.29, 1.82) is 0 Å². The van der Waals surface area contributed by atoms with Crippen molar-refractivity contribution in [2.45, 2.75) is 44.4 Å². The summed E-state index contributed by atoms with van der Waals surface area (Å²) in [6.45, 7) is -0.885. The minimum atomic E-state index is -2.93. The summed E-state index contributed by atoms with van der Waals surface area (Å²) in [6, 6.07) is 11.0. The predicted octanol–water partition coefficient (Wildman–Crippen LogP) is 5.09. The van der Waals surface area contributed by atoms with Crippen molar-refractivity contribution in [3.8, 4) is 5.75 Å². The summed E-state index contributed by atoms with van der Waals surface area (Å²) < 4.78 is 48.1. The number of aliphatic carboxylic acids is 1.